The van der Waals surface area contributed by atoms with Gasteiger partial charge in [-0.05, 0) is 31.4 Å². The second-order valence-electron chi connectivity index (χ2n) is 5.23. The van der Waals surface area contributed by atoms with Gasteiger partial charge in [0.05, 0.1) is 11.3 Å². The summed E-state index contributed by atoms with van der Waals surface area (Å²) in [7, 11) is 0. The third-order valence-electron chi connectivity index (χ3n) is 3.85. The van der Waals surface area contributed by atoms with Crippen molar-refractivity contribution in [1.82, 2.24) is 14.6 Å². The minimum absolute atomic E-state index is 0.130. The summed E-state index contributed by atoms with van der Waals surface area (Å²) >= 11 is 0. The Morgan fingerprint density at radius 2 is 2.19 bits per heavy atom. The molecule has 1 aliphatic rings. The molecule has 1 aliphatic carbocycles. The second kappa shape index (κ2) is 4.73. The van der Waals surface area contributed by atoms with Crippen molar-refractivity contribution < 1.29 is 9.21 Å². The number of aryl methyl sites for hydroxylation is 1. The Labute approximate surface area is 120 Å². The molecule has 0 atom stereocenters. The molecule has 0 unspecified atom stereocenters. The number of carbonyl (C=O) groups is 1. The molecule has 6 nitrogen and oxygen atoms in total. The van der Waals surface area contributed by atoms with E-state index >= 15 is 0 Å². The fourth-order valence-electron chi connectivity index (χ4n) is 2.78. The van der Waals surface area contributed by atoms with Gasteiger partial charge in [-0.1, -0.05) is 0 Å². The minimum Gasteiger partial charge on any atom is -0.468 e. The van der Waals surface area contributed by atoms with Crippen LogP contribution in [0, 0.1) is 0 Å². The van der Waals surface area contributed by atoms with Crippen LogP contribution in [0.5, 0.6) is 0 Å². The first-order valence-corrected chi connectivity index (χ1v) is 7.01. The van der Waals surface area contributed by atoms with E-state index in [0.717, 1.165) is 42.7 Å². The zero-order valence-corrected chi connectivity index (χ0v) is 11.4. The molecule has 3 heterocycles. The van der Waals surface area contributed by atoms with Crippen LogP contribution in [0.25, 0.3) is 5.65 Å². The fraction of sp³-hybridized carbons (Fsp3) is 0.267. The molecular weight excluding hydrogens is 268 g/mol. The predicted molar refractivity (Wildman–Crippen MR) is 76.3 cm³/mol. The molecule has 0 saturated heterocycles. The number of carbonyl (C=O) groups excluding carboxylic acids is 1. The molecule has 1 N–H and O–H groups in total. The molecule has 1 amide bonds. The number of fused-ring (bicyclic) bond motifs is 2. The lowest BCUT2D eigenvalue weighted by Gasteiger charge is -2.11. The topological polar surface area (TPSA) is 72.4 Å². The zero-order valence-electron chi connectivity index (χ0n) is 11.4. The molecule has 106 valence electrons. The highest BCUT2D eigenvalue weighted by atomic mass is 16.3. The first-order chi connectivity index (χ1) is 10.3. The molecule has 6 heteroatoms. The van der Waals surface area contributed by atoms with Gasteiger partial charge in [-0.25, -0.2) is 0 Å². The van der Waals surface area contributed by atoms with Crippen LogP contribution in [-0.2, 0) is 12.8 Å². The molecule has 0 aromatic carbocycles. The van der Waals surface area contributed by atoms with Crippen LogP contribution in [0.4, 0.5) is 5.69 Å². The molecule has 3 aromatic rings. The number of rotatable bonds is 2. The Bertz CT molecular complexity index is 818. The summed E-state index contributed by atoms with van der Waals surface area (Å²) < 4.78 is 7.28. The first-order valence-electron chi connectivity index (χ1n) is 7.01. The number of amides is 1. The van der Waals surface area contributed by atoms with Crippen LogP contribution in [0.2, 0.25) is 0 Å². The van der Waals surface area contributed by atoms with Gasteiger partial charge in [0.2, 0.25) is 0 Å². The van der Waals surface area contributed by atoms with E-state index in [4.69, 9.17) is 4.42 Å². The standard InChI is InChI=1S/C15H14N4O2/c20-15(12-8-21-13-4-2-1-3-11(12)13)17-10-5-6-14-18-16-9-19(14)7-10/h5-9H,1-4H2,(H,17,20). The highest BCUT2D eigenvalue weighted by molar-refractivity contribution is 6.05. The molecule has 3 aromatic heterocycles. The molecule has 0 bridgehead atoms. The van der Waals surface area contributed by atoms with Crippen molar-refractivity contribution in [3.8, 4) is 0 Å². The summed E-state index contributed by atoms with van der Waals surface area (Å²) in [5, 5.41) is 10.6. The van der Waals surface area contributed by atoms with E-state index in [-0.39, 0.29) is 5.91 Å². The molecule has 0 saturated carbocycles. The van der Waals surface area contributed by atoms with E-state index < -0.39 is 0 Å². The molecule has 4 rings (SSSR count). The largest absolute Gasteiger partial charge is 0.468 e. The first kappa shape index (κ1) is 12.1. The Hall–Kier alpha value is -2.63. The van der Waals surface area contributed by atoms with E-state index in [2.05, 4.69) is 15.5 Å². The predicted octanol–water partition coefficient (Wildman–Crippen LogP) is 2.45. The lowest BCUT2D eigenvalue weighted by Crippen LogP contribution is -2.14. The Balaban J connectivity index is 1.61. The van der Waals surface area contributed by atoms with E-state index in [9.17, 15) is 4.79 Å². The summed E-state index contributed by atoms with van der Waals surface area (Å²) in [6, 6.07) is 3.63. The minimum atomic E-state index is -0.130. The van der Waals surface area contributed by atoms with E-state index in [0.29, 0.717) is 11.3 Å². The second-order valence-corrected chi connectivity index (χ2v) is 5.23. The molecule has 0 radical (unpaired) electrons. The lowest BCUT2D eigenvalue weighted by molar-refractivity contribution is 0.102. The average Bonchev–Trinajstić information content (AvgIpc) is 3.13. The maximum absolute atomic E-state index is 12.4. The van der Waals surface area contributed by atoms with Crippen molar-refractivity contribution in [2.24, 2.45) is 0 Å². The highest BCUT2D eigenvalue weighted by Gasteiger charge is 2.21. The van der Waals surface area contributed by atoms with Gasteiger partial charge < -0.3 is 9.73 Å². The van der Waals surface area contributed by atoms with E-state index in [1.807, 2.05) is 12.1 Å². The van der Waals surface area contributed by atoms with Gasteiger partial charge in [0, 0.05) is 18.2 Å². The van der Waals surface area contributed by atoms with Crippen molar-refractivity contribution in [3.05, 3.63) is 47.8 Å². The van der Waals surface area contributed by atoms with Crippen molar-refractivity contribution >= 4 is 17.2 Å². The summed E-state index contributed by atoms with van der Waals surface area (Å²) in [5.74, 6) is 0.829. The van der Waals surface area contributed by atoms with Crippen molar-refractivity contribution in [2.45, 2.75) is 25.7 Å². The van der Waals surface area contributed by atoms with Gasteiger partial charge >= 0.3 is 0 Å². The van der Waals surface area contributed by atoms with Gasteiger partial charge in [0.1, 0.15) is 18.4 Å². The van der Waals surface area contributed by atoms with Gasteiger partial charge in [0.15, 0.2) is 5.65 Å². The number of nitrogens with one attached hydrogen (secondary N) is 1. The van der Waals surface area contributed by atoms with Crippen molar-refractivity contribution in [2.75, 3.05) is 5.32 Å². The van der Waals surface area contributed by atoms with Crippen LogP contribution in [0.15, 0.2) is 35.3 Å². The normalized spacial score (nSPS) is 14.1. The lowest BCUT2D eigenvalue weighted by atomic mass is 9.95. The van der Waals surface area contributed by atoms with Crippen LogP contribution >= 0.6 is 0 Å². The number of furan rings is 1. The number of nitrogens with zero attached hydrogens (tertiary/aromatic N) is 3. The van der Waals surface area contributed by atoms with Gasteiger partial charge in [-0.15, -0.1) is 10.2 Å². The molecule has 21 heavy (non-hydrogen) atoms. The number of anilines is 1. The van der Waals surface area contributed by atoms with E-state index in [1.165, 1.54) is 0 Å². The van der Waals surface area contributed by atoms with Crippen LogP contribution in [0.1, 0.15) is 34.5 Å². The van der Waals surface area contributed by atoms with Crippen LogP contribution in [0.3, 0.4) is 0 Å². The van der Waals surface area contributed by atoms with Gasteiger partial charge in [-0.2, -0.15) is 0 Å². The number of pyridine rings is 1. The Kier molecular flexibility index (Phi) is 2.73. The van der Waals surface area contributed by atoms with Gasteiger partial charge in [0.25, 0.3) is 5.91 Å². The summed E-state index contributed by atoms with van der Waals surface area (Å²) in [6.45, 7) is 0. The van der Waals surface area contributed by atoms with Crippen molar-refractivity contribution in [3.63, 3.8) is 0 Å². The average molecular weight is 282 g/mol. The maximum atomic E-state index is 12.4. The van der Waals surface area contributed by atoms with Crippen LogP contribution in [-0.4, -0.2) is 20.5 Å². The molecular formula is C15H14N4O2. The quantitative estimate of drug-likeness (QED) is 0.783. The Morgan fingerprint density at radius 1 is 1.29 bits per heavy atom. The molecule has 0 fully saturated rings. The van der Waals surface area contributed by atoms with Crippen LogP contribution < -0.4 is 5.32 Å². The molecule has 0 aliphatic heterocycles. The smallest absolute Gasteiger partial charge is 0.259 e. The number of hydrogen-bond donors (Lipinski definition) is 1. The summed E-state index contributed by atoms with van der Waals surface area (Å²) in [6.07, 6.45) is 9.05. The van der Waals surface area contributed by atoms with E-state index in [1.54, 1.807) is 23.2 Å². The van der Waals surface area contributed by atoms with Gasteiger partial charge in [-0.3, -0.25) is 9.20 Å². The summed E-state index contributed by atoms with van der Waals surface area (Å²) in [4.78, 5) is 12.4. The van der Waals surface area contributed by atoms with Crippen molar-refractivity contribution in [1.29, 1.82) is 0 Å². The highest BCUT2D eigenvalue weighted by Crippen LogP contribution is 2.26. The Morgan fingerprint density at radius 3 is 3.14 bits per heavy atom. The third-order valence-corrected chi connectivity index (χ3v) is 3.85. The third kappa shape index (κ3) is 2.08. The number of aromatic nitrogens is 3. The monoisotopic (exact) mass is 282 g/mol. The number of hydrogen-bond acceptors (Lipinski definition) is 4. The maximum Gasteiger partial charge on any atom is 0.259 e. The summed E-state index contributed by atoms with van der Waals surface area (Å²) in [5.41, 5.74) is 3.16. The fourth-order valence-corrected chi connectivity index (χ4v) is 2.78. The SMILES string of the molecule is O=C(Nc1ccc2nncn2c1)c1coc2c1CCCC2. The zero-order chi connectivity index (χ0) is 14.2. The molecule has 0 spiro atoms.